The number of furan rings is 1. The predicted octanol–water partition coefficient (Wildman–Crippen LogP) is 2.65. The van der Waals surface area contributed by atoms with Crippen LogP contribution < -0.4 is 4.90 Å². The Labute approximate surface area is 142 Å². The fourth-order valence-electron chi connectivity index (χ4n) is 3.23. The van der Waals surface area contributed by atoms with Gasteiger partial charge in [-0.25, -0.2) is 9.97 Å². The third kappa shape index (κ3) is 2.25. The van der Waals surface area contributed by atoms with Gasteiger partial charge in [-0.3, -0.25) is 0 Å². The third-order valence-corrected chi connectivity index (χ3v) is 4.37. The summed E-state index contributed by atoms with van der Waals surface area (Å²) in [5.74, 6) is 1.82. The molecule has 0 unspecified atom stereocenters. The van der Waals surface area contributed by atoms with E-state index in [1.54, 1.807) is 13.3 Å². The lowest BCUT2D eigenvalue weighted by Gasteiger charge is -2.33. The summed E-state index contributed by atoms with van der Waals surface area (Å²) in [5.41, 5.74) is 2.25. The van der Waals surface area contributed by atoms with Crippen LogP contribution in [-0.4, -0.2) is 39.9 Å². The van der Waals surface area contributed by atoms with Crippen LogP contribution >= 0.6 is 0 Å². The number of ether oxygens (including phenoxy) is 1. The topological polar surface area (TPSA) is 90.3 Å². The minimum absolute atomic E-state index is 0.207. The van der Waals surface area contributed by atoms with Crippen molar-refractivity contribution in [2.24, 2.45) is 0 Å². The first kappa shape index (κ1) is 14.4. The first-order valence-electron chi connectivity index (χ1n) is 8.08. The molecule has 0 amide bonds. The molecule has 1 saturated heterocycles. The Balaban J connectivity index is 1.68. The number of fused-ring (bicyclic) bond motifs is 3. The van der Waals surface area contributed by atoms with E-state index in [4.69, 9.17) is 13.7 Å². The molecule has 1 aliphatic rings. The van der Waals surface area contributed by atoms with Gasteiger partial charge in [-0.05, 0) is 19.1 Å². The summed E-state index contributed by atoms with van der Waals surface area (Å²) in [5, 5.41) is 4.86. The summed E-state index contributed by atoms with van der Waals surface area (Å²) in [4.78, 5) is 15.3. The highest BCUT2D eigenvalue weighted by atomic mass is 16.5. The van der Waals surface area contributed by atoms with Gasteiger partial charge >= 0.3 is 0 Å². The molecule has 1 aliphatic heterocycles. The summed E-state index contributed by atoms with van der Waals surface area (Å²) in [6.45, 7) is 3.49. The van der Waals surface area contributed by atoms with Crippen LogP contribution in [0.5, 0.6) is 0 Å². The van der Waals surface area contributed by atoms with E-state index in [1.165, 1.54) is 0 Å². The van der Waals surface area contributed by atoms with E-state index >= 15 is 0 Å². The van der Waals surface area contributed by atoms with Crippen LogP contribution in [0.15, 0.2) is 39.5 Å². The SMILES string of the molecule is Cc1noc([C@H]2COCCN2c2ncnc3c2oc2ccccc23)n1. The zero-order chi connectivity index (χ0) is 16.8. The molecule has 25 heavy (non-hydrogen) atoms. The number of anilines is 1. The van der Waals surface area contributed by atoms with Crippen molar-refractivity contribution in [3.63, 3.8) is 0 Å². The number of para-hydroxylation sites is 1. The van der Waals surface area contributed by atoms with Crippen molar-refractivity contribution in [3.05, 3.63) is 42.3 Å². The van der Waals surface area contributed by atoms with Gasteiger partial charge in [0.2, 0.25) is 0 Å². The van der Waals surface area contributed by atoms with Gasteiger partial charge in [0.1, 0.15) is 23.5 Å². The van der Waals surface area contributed by atoms with E-state index in [0.717, 1.165) is 16.5 Å². The molecule has 0 aliphatic carbocycles. The minimum Gasteiger partial charge on any atom is -0.450 e. The summed E-state index contributed by atoms with van der Waals surface area (Å²) in [6.07, 6.45) is 1.56. The highest BCUT2D eigenvalue weighted by Gasteiger charge is 2.32. The number of morpholine rings is 1. The molecule has 8 heteroatoms. The van der Waals surface area contributed by atoms with Crippen molar-refractivity contribution in [2.45, 2.75) is 13.0 Å². The number of benzene rings is 1. The molecule has 4 heterocycles. The monoisotopic (exact) mass is 337 g/mol. The number of nitrogens with zero attached hydrogens (tertiary/aromatic N) is 5. The molecule has 0 saturated carbocycles. The lowest BCUT2D eigenvalue weighted by atomic mass is 10.2. The predicted molar refractivity (Wildman–Crippen MR) is 89.3 cm³/mol. The quantitative estimate of drug-likeness (QED) is 0.551. The molecule has 1 atom stereocenters. The van der Waals surface area contributed by atoms with E-state index in [9.17, 15) is 0 Å². The van der Waals surface area contributed by atoms with Gasteiger partial charge in [-0.2, -0.15) is 4.98 Å². The second-order valence-corrected chi connectivity index (χ2v) is 5.94. The van der Waals surface area contributed by atoms with Gasteiger partial charge in [0, 0.05) is 11.9 Å². The summed E-state index contributed by atoms with van der Waals surface area (Å²) in [6, 6.07) is 7.63. The molecule has 5 rings (SSSR count). The normalized spacial score (nSPS) is 18.3. The minimum atomic E-state index is -0.207. The Morgan fingerprint density at radius 3 is 3.00 bits per heavy atom. The molecule has 0 N–H and O–H groups in total. The molecule has 8 nitrogen and oxygen atoms in total. The molecule has 0 bridgehead atoms. The Hall–Kier alpha value is -3.00. The van der Waals surface area contributed by atoms with E-state index in [2.05, 4.69) is 25.0 Å². The van der Waals surface area contributed by atoms with E-state index < -0.39 is 0 Å². The Morgan fingerprint density at radius 1 is 1.20 bits per heavy atom. The highest BCUT2D eigenvalue weighted by molar-refractivity contribution is 6.05. The zero-order valence-corrected chi connectivity index (χ0v) is 13.5. The second-order valence-electron chi connectivity index (χ2n) is 5.94. The van der Waals surface area contributed by atoms with Crippen LogP contribution in [0.1, 0.15) is 17.8 Å². The Morgan fingerprint density at radius 2 is 2.12 bits per heavy atom. The standard InChI is InChI=1S/C17H15N5O3/c1-10-20-17(25-21-10)12-8-23-7-6-22(12)16-15-14(18-9-19-16)11-4-2-3-5-13(11)24-15/h2-5,9,12H,6-8H2,1H3/t12-/m1/s1. The van der Waals surface area contributed by atoms with Crippen LogP contribution in [0, 0.1) is 6.92 Å². The molecule has 4 aromatic rings. The van der Waals surface area contributed by atoms with Crippen molar-refractivity contribution in [2.75, 3.05) is 24.7 Å². The molecule has 0 radical (unpaired) electrons. The largest absolute Gasteiger partial charge is 0.450 e. The van der Waals surface area contributed by atoms with Gasteiger partial charge in [0.05, 0.1) is 13.2 Å². The van der Waals surface area contributed by atoms with Crippen LogP contribution in [-0.2, 0) is 4.74 Å². The maximum atomic E-state index is 6.05. The summed E-state index contributed by atoms with van der Waals surface area (Å²) in [7, 11) is 0. The van der Waals surface area contributed by atoms with Crippen molar-refractivity contribution in [1.29, 1.82) is 0 Å². The van der Waals surface area contributed by atoms with Crippen molar-refractivity contribution in [1.82, 2.24) is 20.1 Å². The number of rotatable bonds is 2. The van der Waals surface area contributed by atoms with E-state index in [1.807, 2.05) is 24.3 Å². The fraction of sp³-hybridized carbons (Fsp3) is 0.294. The molecule has 1 fully saturated rings. The maximum Gasteiger partial charge on any atom is 0.251 e. The molecule has 3 aromatic heterocycles. The molecular formula is C17H15N5O3. The van der Waals surface area contributed by atoms with Crippen LogP contribution in [0.4, 0.5) is 5.82 Å². The Kier molecular flexibility index (Phi) is 3.17. The number of hydrogen-bond acceptors (Lipinski definition) is 8. The second kappa shape index (κ2) is 5.52. The van der Waals surface area contributed by atoms with Gasteiger partial charge in [0.25, 0.3) is 5.89 Å². The van der Waals surface area contributed by atoms with Crippen molar-refractivity contribution < 1.29 is 13.7 Å². The van der Waals surface area contributed by atoms with Gasteiger partial charge in [-0.15, -0.1) is 0 Å². The number of aryl methyl sites for hydroxylation is 1. The summed E-state index contributed by atoms with van der Waals surface area (Å²) < 4.78 is 17.0. The average molecular weight is 337 g/mol. The van der Waals surface area contributed by atoms with Crippen LogP contribution in [0.2, 0.25) is 0 Å². The van der Waals surface area contributed by atoms with E-state index in [-0.39, 0.29) is 6.04 Å². The number of hydrogen-bond donors (Lipinski definition) is 0. The van der Waals surface area contributed by atoms with Crippen molar-refractivity contribution in [3.8, 4) is 0 Å². The molecular weight excluding hydrogens is 322 g/mol. The lowest BCUT2D eigenvalue weighted by Crippen LogP contribution is -2.40. The zero-order valence-electron chi connectivity index (χ0n) is 13.5. The summed E-state index contributed by atoms with van der Waals surface area (Å²) >= 11 is 0. The first-order chi connectivity index (χ1) is 12.3. The first-order valence-corrected chi connectivity index (χ1v) is 8.08. The Bertz CT molecular complexity index is 1060. The lowest BCUT2D eigenvalue weighted by molar-refractivity contribution is 0.0834. The van der Waals surface area contributed by atoms with Crippen LogP contribution in [0.3, 0.4) is 0 Å². The third-order valence-electron chi connectivity index (χ3n) is 4.37. The average Bonchev–Trinajstić information content (AvgIpc) is 3.25. The molecule has 0 spiro atoms. The van der Waals surface area contributed by atoms with Gasteiger partial charge in [-0.1, -0.05) is 17.3 Å². The van der Waals surface area contributed by atoms with Crippen molar-refractivity contribution >= 4 is 27.9 Å². The van der Waals surface area contributed by atoms with E-state index in [0.29, 0.717) is 42.9 Å². The molecule has 126 valence electrons. The van der Waals surface area contributed by atoms with Crippen LogP contribution in [0.25, 0.3) is 22.1 Å². The van der Waals surface area contributed by atoms with Gasteiger partial charge in [0.15, 0.2) is 17.2 Å². The number of aromatic nitrogens is 4. The smallest absolute Gasteiger partial charge is 0.251 e. The van der Waals surface area contributed by atoms with Gasteiger partial charge < -0.3 is 18.6 Å². The molecule has 1 aromatic carbocycles. The highest BCUT2D eigenvalue weighted by Crippen LogP contribution is 2.36. The fourth-order valence-corrected chi connectivity index (χ4v) is 3.23. The maximum absolute atomic E-state index is 6.05.